The van der Waals surface area contributed by atoms with Gasteiger partial charge in [0.1, 0.15) is 0 Å². The summed E-state index contributed by atoms with van der Waals surface area (Å²) in [5.41, 5.74) is 8.29. The Balaban J connectivity index is 2.04. The Morgan fingerprint density at radius 3 is 2.73 bits per heavy atom. The zero-order chi connectivity index (χ0) is 10.7. The highest BCUT2D eigenvalue weighted by Crippen LogP contribution is 2.23. The van der Waals surface area contributed by atoms with Gasteiger partial charge in [-0.2, -0.15) is 0 Å². The predicted octanol–water partition coefficient (Wildman–Crippen LogP) is 3.06. The number of nitrogens with one attached hydrogen (secondary N) is 1. The molecule has 3 N–H and O–H groups in total. The molecule has 0 bridgehead atoms. The average Bonchev–Trinajstić information content (AvgIpc) is 2.71. The highest BCUT2D eigenvalue weighted by Gasteiger charge is 2.14. The zero-order valence-electron chi connectivity index (χ0n) is 9.37. The Hall–Kier alpha value is -1.02. The van der Waals surface area contributed by atoms with Crippen LogP contribution >= 0.6 is 0 Å². The molecule has 1 unspecified atom stereocenters. The molecular weight excluding hydrogens is 184 g/mol. The lowest BCUT2D eigenvalue weighted by Gasteiger charge is -2.15. The van der Waals surface area contributed by atoms with Crippen LogP contribution in [0.5, 0.6) is 0 Å². The Morgan fingerprint density at radius 1 is 1.33 bits per heavy atom. The molecule has 0 radical (unpaired) electrons. The van der Waals surface area contributed by atoms with Crippen LogP contribution in [0.1, 0.15) is 44.2 Å². The van der Waals surface area contributed by atoms with Crippen LogP contribution in [0.4, 0.5) is 5.69 Å². The van der Waals surface area contributed by atoms with Crippen molar-refractivity contribution in [2.45, 2.75) is 44.7 Å². The lowest BCUT2D eigenvalue weighted by atomic mass is 10.1. The predicted molar refractivity (Wildman–Crippen MR) is 64.9 cm³/mol. The number of benzene rings is 1. The first-order chi connectivity index (χ1) is 7.25. The maximum Gasteiger partial charge on any atom is 0.0345 e. The van der Waals surface area contributed by atoms with Gasteiger partial charge in [0.15, 0.2) is 0 Å². The molecule has 2 heteroatoms. The van der Waals surface area contributed by atoms with Gasteiger partial charge in [0.2, 0.25) is 0 Å². The molecule has 15 heavy (non-hydrogen) atoms. The smallest absolute Gasteiger partial charge is 0.0345 e. The van der Waals surface area contributed by atoms with Crippen LogP contribution in [0.3, 0.4) is 0 Å². The van der Waals surface area contributed by atoms with Crippen LogP contribution in [0.2, 0.25) is 0 Å². The summed E-state index contributed by atoms with van der Waals surface area (Å²) in [6.07, 6.45) is 5.35. The molecule has 0 aliphatic heterocycles. The largest absolute Gasteiger partial charge is 0.382 e. The van der Waals surface area contributed by atoms with E-state index >= 15 is 0 Å². The van der Waals surface area contributed by atoms with Gasteiger partial charge in [0, 0.05) is 17.8 Å². The minimum absolute atomic E-state index is 0.121. The van der Waals surface area contributed by atoms with Gasteiger partial charge in [-0.1, -0.05) is 25.0 Å². The van der Waals surface area contributed by atoms with Crippen LogP contribution in [0, 0.1) is 0 Å². The maximum atomic E-state index is 5.86. The first-order valence-electron chi connectivity index (χ1n) is 5.88. The molecule has 1 aliphatic rings. The summed E-state index contributed by atoms with van der Waals surface area (Å²) in [6.45, 7) is 2.02. The molecule has 1 fully saturated rings. The fourth-order valence-corrected chi connectivity index (χ4v) is 2.22. The van der Waals surface area contributed by atoms with E-state index in [1.165, 1.54) is 36.9 Å². The van der Waals surface area contributed by atoms with Crippen LogP contribution < -0.4 is 11.1 Å². The van der Waals surface area contributed by atoms with Crippen molar-refractivity contribution < 1.29 is 0 Å². The molecule has 0 saturated heterocycles. The Labute approximate surface area is 91.9 Å². The number of nitrogens with two attached hydrogens (primary N) is 1. The van der Waals surface area contributed by atoms with E-state index in [-0.39, 0.29) is 6.04 Å². The second kappa shape index (κ2) is 4.67. The van der Waals surface area contributed by atoms with Crippen molar-refractivity contribution in [3.63, 3.8) is 0 Å². The van der Waals surface area contributed by atoms with Crippen LogP contribution in [0.15, 0.2) is 24.3 Å². The van der Waals surface area contributed by atoms with Crippen molar-refractivity contribution in [1.82, 2.24) is 0 Å². The second-order valence-corrected chi connectivity index (χ2v) is 4.54. The minimum Gasteiger partial charge on any atom is -0.382 e. The molecule has 82 valence electrons. The quantitative estimate of drug-likeness (QED) is 0.794. The average molecular weight is 204 g/mol. The van der Waals surface area contributed by atoms with E-state index < -0.39 is 0 Å². The summed E-state index contributed by atoms with van der Waals surface area (Å²) in [5, 5.41) is 3.58. The van der Waals surface area contributed by atoms with E-state index in [0.29, 0.717) is 6.04 Å². The van der Waals surface area contributed by atoms with E-state index in [1.54, 1.807) is 0 Å². The first kappa shape index (κ1) is 10.5. The van der Waals surface area contributed by atoms with Gasteiger partial charge in [-0.15, -0.1) is 0 Å². The van der Waals surface area contributed by atoms with E-state index in [9.17, 15) is 0 Å². The fourth-order valence-electron chi connectivity index (χ4n) is 2.22. The first-order valence-corrected chi connectivity index (χ1v) is 5.88. The highest BCUT2D eigenvalue weighted by molar-refractivity contribution is 5.47. The van der Waals surface area contributed by atoms with Crippen molar-refractivity contribution in [2.75, 3.05) is 5.32 Å². The lowest BCUT2D eigenvalue weighted by Crippen LogP contribution is -2.15. The molecule has 2 nitrogen and oxygen atoms in total. The SMILES string of the molecule is CC(N)c1cccc(NC2CCCC2)c1. The van der Waals surface area contributed by atoms with E-state index in [1.807, 2.05) is 6.92 Å². The molecule has 1 atom stereocenters. The fraction of sp³-hybridized carbons (Fsp3) is 0.538. The summed E-state index contributed by atoms with van der Waals surface area (Å²) < 4.78 is 0. The number of rotatable bonds is 3. The maximum absolute atomic E-state index is 5.86. The molecule has 0 spiro atoms. The normalized spacial score (nSPS) is 19.1. The van der Waals surface area contributed by atoms with Crippen molar-refractivity contribution >= 4 is 5.69 Å². The highest BCUT2D eigenvalue weighted by atomic mass is 14.9. The standard InChI is InChI=1S/C13H20N2/c1-10(14)11-5-4-8-13(9-11)15-12-6-2-3-7-12/h4-5,8-10,12,15H,2-3,6-7,14H2,1H3. The molecule has 0 amide bonds. The van der Waals surface area contributed by atoms with Gasteiger partial charge in [-0.3, -0.25) is 0 Å². The van der Waals surface area contributed by atoms with E-state index in [2.05, 4.69) is 29.6 Å². The van der Waals surface area contributed by atoms with E-state index in [0.717, 1.165) is 0 Å². The van der Waals surface area contributed by atoms with Crippen molar-refractivity contribution in [3.05, 3.63) is 29.8 Å². The van der Waals surface area contributed by atoms with Crippen LogP contribution in [0.25, 0.3) is 0 Å². The molecule has 1 aromatic rings. The third kappa shape index (κ3) is 2.72. The monoisotopic (exact) mass is 204 g/mol. The molecule has 0 aromatic heterocycles. The molecule has 1 aromatic carbocycles. The minimum atomic E-state index is 0.121. The third-order valence-electron chi connectivity index (χ3n) is 3.14. The second-order valence-electron chi connectivity index (χ2n) is 4.54. The Morgan fingerprint density at radius 2 is 2.07 bits per heavy atom. The Kier molecular flexibility index (Phi) is 3.27. The van der Waals surface area contributed by atoms with Crippen LogP contribution in [-0.2, 0) is 0 Å². The topological polar surface area (TPSA) is 38.0 Å². The molecule has 2 rings (SSSR count). The third-order valence-corrected chi connectivity index (χ3v) is 3.14. The molecular formula is C13H20N2. The van der Waals surface area contributed by atoms with Gasteiger partial charge < -0.3 is 11.1 Å². The molecule has 0 heterocycles. The van der Waals surface area contributed by atoms with Crippen molar-refractivity contribution in [3.8, 4) is 0 Å². The van der Waals surface area contributed by atoms with Crippen molar-refractivity contribution in [1.29, 1.82) is 0 Å². The summed E-state index contributed by atoms with van der Waals surface area (Å²) in [5.74, 6) is 0. The Bertz CT molecular complexity index is 314. The van der Waals surface area contributed by atoms with Gasteiger partial charge >= 0.3 is 0 Å². The van der Waals surface area contributed by atoms with Crippen molar-refractivity contribution in [2.24, 2.45) is 5.73 Å². The number of anilines is 1. The summed E-state index contributed by atoms with van der Waals surface area (Å²) in [6, 6.07) is 9.26. The van der Waals surface area contributed by atoms with Gasteiger partial charge in [-0.25, -0.2) is 0 Å². The zero-order valence-corrected chi connectivity index (χ0v) is 9.37. The summed E-state index contributed by atoms with van der Waals surface area (Å²) in [7, 11) is 0. The summed E-state index contributed by atoms with van der Waals surface area (Å²) in [4.78, 5) is 0. The van der Waals surface area contributed by atoms with Crippen LogP contribution in [-0.4, -0.2) is 6.04 Å². The van der Waals surface area contributed by atoms with E-state index in [4.69, 9.17) is 5.73 Å². The number of hydrogen-bond acceptors (Lipinski definition) is 2. The van der Waals surface area contributed by atoms with Gasteiger partial charge in [-0.05, 0) is 37.5 Å². The van der Waals surface area contributed by atoms with Gasteiger partial charge in [0.05, 0.1) is 0 Å². The number of hydrogen-bond donors (Lipinski definition) is 2. The molecule has 1 saturated carbocycles. The lowest BCUT2D eigenvalue weighted by molar-refractivity contribution is 0.754. The van der Waals surface area contributed by atoms with Gasteiger partial charge in [0.25, 0.3) is 0 Å². The molecule has 1 aliphatic carbocycles. The summed E-state index contributed by atoms with van der Waals surface area (Å²) >= 11 is 0.